The van der Waals surface area contributed by atoms with Crippen molar-refractivity contribution in [3.63, 3.8) is 0 Å². The van der Waals surface area contributed by atoms with Crippen LogP contribution >= 0.6 is 0 Å². The number of rotatable bonds is 5. The molecule has 1 aliphatic heterocycles. The lowest BCUT2D eigenvalue weighted by Crippen LogP contribution is -2.44. The third-order valence-electron chi connectivity index (χ3n) is 3.25. The summed E-state index contributed by atoms with van der Waals surface area (Å²) in [6.07, 6.45) is 0.379. The quantitative estimate of drug-likeness (QED) is 0.800. The first-order valence-corrected chi connectivity index (χ1v) is 6.73. The van der Waals surface area contributed by atoms with E-state index < -0.39 is 11.6 Å². The van der Waals surface area contributed by atoms with Gasteiger partial charge in [0.1, 0.15) is 17.3 Å². The maximum absolute atomic E-state index is 14.1. The van der Waals surface area contributed by atoms with Crippen LogP contribution in [0.1, 0.15) is 12.0 Å². The van der Waals surface area contributed by atoms with E-state index >= 15 is 0 Å². The maximum atomic E-state index is 14.1. The molecule has 108 valence electrons. The maximum Gasteiger partial charge on any atom is 0.149 e. The summed E-state index contributed by atoms with van der Waals surface area (Å²) in [6.45, 7) is 3.55. The first kappa shape index (κ1) is 14.7. The number of nitriles is 1. The van der Waals surface area contributed by atoms with Gasteiger partial charge in [-0.15, -0.1) is 0 Å². The number of nitrogens with zero attached hydrogens (tertiary/aromatic N) is 2. The van der Waals surface area contributed by atoms with Gasteiger partial charge in [0, 0.05) is 45.7 Å². The fourth-order valence-corrected chi connectivity index (χ4v) is 2.29. The molecule has 0 amide bonds. The summed E-state index contributed by atoms with van der Waals surface area (Å²) in [4.78, 5) is 1.73. The topological polar surface area (TPSA) is 51.1 Å². The van der Waals surface area contributed by atoms with E-state index in [4.69, 9.17) is 5.26 Å². The van der Waals surface area contributed by atoms with Crippen molar-refractivity contribution in [3.05, 3.63) is 29.3 Å². The number of anilines is 1. The van der Waals surface area contributed by atoms with Gasteiger partial charge >= 0.3 is 0 Å². The zero-order valence-electron chi connectivity index (χ0n) is 11.3. The lowest BCUT2D eigenvalue weighted by Gasteiger charge is -2.30. The van der Waals surface area contributed by atoms with Gasteiger partial charge in [0.15, 0.2) is 0 Å². The molecular weight excluding hydrogens is 262 g/mol. The third-order valence-corrected chi connectivity index (χ3v) is 3.25. The summed E-state index contributed by atoms with van der Waals surface area (Å²) in [5.41, 5.74) is 0.615. The Labute approximate surface area is 117 Å². The van der Waals surface area contributed by atoms with Crippen LogP contribution < -0.4 is 15.5 Å². The van der Waals surface area contributed by atoms with Crippen LogP contribution in [-0.4, -0.2) is 32.7 Å². The van der Waals surface area contributed by atoms with Gasteiger partial charge < -0.3 is 15.5 Å². The van der Waals surface area contributed by atoms with Crippen molar-refractivity contribution in [2.45, 2.75) is 13.0 Å². The average molecular weight is 280 g/mol. The normalized spacial score (nSPS) is 15.2. The molecule has 0 radical (unpaired) electrons. The summed E-state index contributed by atoms with van der Waals surface area (Å²) >= 11 is 0. The third kappa shape index (κ3) is 3.65. The van der Waals surface area contributed by atoms with E-state index in [-0.39, 0.29) is 5.69 Å². The Morgan fingerprint density at radius 2 is 1.90 bits per heavy atom. The number of benzene rings is 1. The summed E-state index contributed by atoms with van der Waals surface area (Å²) in [7, 11) is 0. The van der Waals surface area contributed by atoms with Crippen molar-refractivity contribution < 1.29 is 8.78 Å². The van der Waals surface area contributed by atoms with E-state index in [1.807, 2.05) is 6.07 Å². The van der Waals surface area contributed by atoms with Crippen molar-refractivity contribution in [1.29, 1.82) is 5.26 Å². The van der Waals surface area contributed by atoms with Gasteiger partial charge in [0.05, 0.1) is 6.07 Å². The minimum Gasteiger partial charge on any atom is -0.364 e. The molecule has 4 nitrogen and oxygen atoms in total. The van der Waals surface area contributed by atoms with E-state index in [1.54, 1.807) is 4.90 Å². The molecule has 0 aliphatic carbocycles. The van der Waals surface area contributed by atoms with Crippen molar-refractivity contribution in [3.8, 4) is 6.07 Å². The fourth-order valence-electron chi connectivity index (χ4n) is 2.29. The van der Waals surface area contributed by atoms with Crippen LogP contribution in [0.4, 0.5) is 14.5 Å². The van der Waals surface area contributed by atoms with Crippen molar-refractivity contribution in [2.24, 2.45) is 0 Å². The van der Waals surface area contributed by atoms with Gasteiger partial charge in [0.2, 0.25) is 0 Å². The predicted molar refractivity (Wildman–Crippen MR) is 73.4 cm³/mol. The second-order valence-corrected chi connectivity index (χ2v) is 4.73. The highest BCUT2D eigenvalue weighted by molar-refractivity contribution is 5.51. The van der Waals surface area contributed by atoms with E-state index in [9.17, 15) is 8.78 Å². The smallest absolute Gasteiger partial charge is 0.149 e. The van der Waals surface area contributed by atoms with E-state index in [2.05, 4.69) is 10.6 Å². The number of halogens is 2. The zero-order valence-corrected chi connectivity index (χ0v) is 11.3. The molecule has 1 aromatic rings. The van der Waals surface area contributed by atoms with Crippen LogP contribution in [0.25, 0.3) is 0 Å². The summed E-state index contributed by atoms with van der Waals surface area (Å²) in [5.74, 6) is -1.05. The zero-order chi connectivity index (χ0) is 14.4. The van der Waals surface area contributed by atoms with Crippen LogP contribution in [0, 0.1) is 23.0 Å². The molecule has 1 saturated heterocycles. The number of piperazine rings is 1. The predicted octanol–water partition coefficient (Wildman–Crippen LogP) is 1.38. The molecule has 2 rings (SSSR count). The first-order chi connectivity index (χ1) is 9.72. The van der Waals surface area contributed by atoms with Crippen molar-refractivity contribution in [2.75, 3.05) is 37.6 Å². The van der Waals surface area contributed by atoms with Crippen LogP contribution in [0.15, 0.2) is 12.1 Å². The second kappa shape index (κ2) is 7.17. The van der Waals surface area contributed by atoms with Crippen LogP contribution in [-0.2, 0) is 6.54 Å². The number of hydrogen-bond donors (Lipinski definition) is 2. The van der Waals surface area contributed by atoms with Gasteiger partial charge in [-0.3, -0.25) is 0 Å². The Morgan fingerprint density at radius 1 is 1.25 bits per heavy atom. The van der Waals surface area contributed by atoms with E-state index in [1.165, 1.54) is 12.1 Å². The monoisotopic (exact) mass is 280 g/mol. The van der Waals surface area contributed by atoms with E-state index in [0.29, 0.717) is 38.2 Å². The van der Waals surface area contributed by atoms with Crippen LogP contribution in [0.2, 0.25) is 0 Å². The molecule has 0 aromatic heterocycles. The number of hydrogen-bond acceptors (Lipinski definition) is 4. The van der Waals surface area contributed by atoms with Crippen molar-refractivity contribution >= 4 is 5.69 Å². The van der Waals surface area contributed by atoms with Crippen molar-refractivity contribution in [1.82, 2.24) is 10.6 Å². The summed E-state index contributed by atoms with van der Waals surface area (Å²) < 4.78 is 28.2. The van der Waals surface area contributed by atoms with Gasteiger partial charge in [0.25, 0.3) is 0 Å². The lowest BCUT2D eigenvalue weighted by atomic mass is 10.1. The molecule has 1 fully saturated rings. The highest BCUT2D eigenvalue weighted by Gasteiger charge is 2.19. The highest BCUT2D eigenvalue weighted by atomic mass is 19.1. The molecule has 0 atom stereocenters. The molecule has 0 saturated carbocycles. The lowest BCUT2D eigenvalue weighted by molar-refractivity contribution is 0.534. The van der Waals surface area contributed by atoms with Gasteiger partial charge in [-0.1, -0.05) is 0 Å². The molecule has 0 spiro atoms. The summed E-state index contributed by atoms with van der Waals surface area (Å²) in [6, 6.07) is 4.73. The van der Waals surface area contributed by atoms with Gasteiger partial charge in [-0.2, -0.15) is 5.26 Å². The Kier molecular flexibility index (Phi) is 5.27. The molecule has 2 N–H and O–H groups in total. The second-order valence-electron chi connectivity index (χ2n) is 4.73. The first-order valence-electron chi connectivity index (χ1n) is 6.73. The Hall–Kier alpha value is -1.71. The van der Waals surface area contributed by atoms with E-state index in [0.717, 1.165) is 13.1 Å². The highest BCUT2D eigenvalue weighted by Crippen LogP contribution is 2.25. The Bertz CT molecular complexity index is 469. The molecule has 20 heavy (non-hydrogen) atoms. The standard InChI is InChI=1S/C14H18F2N4/c15-12-8-11(10-19-3-1-2-17)9-13(16)14(12)20-6-4-18-5-7-20/h8-9,18-19H,1,3-7,10H2. The molecule has 1 aromatic carbocycles. The molecule has 1 aliphatic rings. The molecule has 1 heterocycles. The molecular formula is C14H18F2N4. The van der Waals surface area contributed by atoms with Crippen LogP contribution in [0.3, 0.4) is 0 Å². The summed E-state index contributed by atoms with van der Waals surface area (Å²) in [5, 5.41) is 14.5. The van der Waals surface area contributed by atoms with Crippen LogP contribution in [0.5, 0.6) is 0 Å². The molecule has 6 heteroatoms. The minimum atomic E-state index is -0.524. The largest absolute Gasteiger partial charge is 0.364 e. The SMILES string of the molecule is N#CCCNCc1cc(F)c(N2CCNCC2)c(F)c1. The molecule has 0 unspecified atom stereocenters. The Balaban J connectivity index is 2.06. The fraction of sp³-hybridized carbons (Fsp3) is 0.500. The van der Waals surface area contributed by atoms with Gasteiger partial charge in [-0.05, 0) is 17.7 Å². The average Bonchev–Trinajstić information content (AvgIpc) is 2.44. The van der Waals surface area contributed by atoms with Gasteiger partial charge in [-0.25, -0.2) is 8.78 Å². The minimum absolute atomic E-state index is 0.0623. The number of nitrogens with one attached hydrogen (secondary N) is 2. The Morgan fingerprint density at radius 3 is 2.50 bits per heavy atom. The molecule has 0 bridgehead atoms.